The number of benzene rings is 1. The minimum absolute atomic E-state index is 0. The summed E-state index contributed by atoms with van der Waals surface area (Å²) in [6.45, 7) is 1.87. The van der Waals surface area contributed by atoms with Crippen LogP contribution in [0.2, 0.25) is 5.02 Å². The van der Waals surface area contributed by atoms with E-state index >= 15 is 0 Å². The first-order chi connectivity index (χ1) is 11.1. The van der Waals surface area contributed by atoms with Gasteiger partial charge in [-0.05, 0) is 61.7 Å². The highest BCUT2D eigenvalue weighted by molar-refractivity contribution is 6.30. The minimum atomic E-state index is -0.917. The van der Waals surface area contributed by atoms with E-state index in [1.807, 2.05) is 24.3 Å². The number of nitrogens with one attached hydrogen (secondary N) is 1. The van der Waals surface area contributed by atoms with E-state index in [2.05, 4.69) is 10.3 Å². The third-order valence-corrected chi connectivity index (χ3v) is 4.71. The van der Waals surface area contributed by atoms with E-state index in [0.717, 1.165) is 31.5 Å². The summed E-state index contributed by atoms with van der Waals surface area (Å²) in [6, 6.07) is 11.1. The first-order valence-corrected chi connectivity index (χ1v) is 8.16. The van der Waals surface area contributed by atoms with Crippen LogP contribution in [0, 0.1) is 5.92 Å². The van der Waals surface area contributed by atoms with Gasteiger partial charge in [-0.1, -0.05) is 23.7 Å². The van der Waals surface area contributed by atoms with Crippen LogP contribution in [0.5, 0.6) is 0 Å². The van der Waals surface area contributed by atoms with Crippen LogP contribution in [-0.2, 0) is 6.42 Å². The number of nitrogens with zero attached hydrogens (tertiary/aromatic N) is 1. The third kappa shape index (κ3) is 4.26. The summed E-state index contributed by atoms with van der Waals surface area (Å²) in [5.41, 5.74) is 2.13. The smallest absolute Gasteiger partial charge is 0.337 e. The van der Waals surface area contributed by atoms with Crippen molar-refractivity contribution in [2.75, 3.05) is 13.1 Å². The minimum Gasteiger partial charge on any atom is -0.478 e. The number of aromatic nitrogens is 1. The van der Waals surface area contributed by atoms with Gasteiger partial charge in [-0.25, -0.2) is 4.79 Å². The fourth-order valence-electron chi connectivity index (χ4n) is 3.28. The second kappa shape index (κ2) is 8.47. The molecule has 6 heteroatoms. The zero-order valence-electron chi connectivity index (χ0n) is 13.1. The van der Waals surface area contributed by atoms with Crippen molar-refractivity contribution < 1.29 is 9.90 Å². The average Bonchev–Trinajstić information content (AvgIpc) is 3.08. The maximum atomic E-state index is 11.6. The van der Waals surface area contributed by atoms with Crippen LogP contribution in [0.15, 0.2) is 42.6 Å². The number of halogens is 2. The van der Waals surface area contributed by atoms with Gasteiger partial charge in [0, 0.05) is 17.1 Å². The van der Waals surface area contributed by atoms with Gasteiger partial charge in [0.1, 0.15) is 0 Å². The fourth-order valence-corrected chi connectivity index (χ4v) is 3.40. The number of aromatic carboxylic acids is 1. The Labute approximate surface area is 152 Å². The van der Waals surface area contributed by atoms with E-state index in [0.29, 0.717) is 22.2 Å². The first-order valence-electron chi connectivity index (χ1n) is 7.78. The van der Waals surface area contributed by atoms with Crippen LogP contribution < -0.4 is 5.32 Å². The van der Waals surface area contributed by atoms with Gasteiger partial charge in [0.25, 0.3) is 0 Å². The quantitative estimate of drug-likeness (QED) is 0.844. The highest BCUT2D eigenvalue weighted by atomic mass is 35.5. The standard InChI is InChI=1S/C18H19ClN2O2.ClH/c19-14-5-3-12(4-6-14)10-16(13-7-9-20-11-13)17-15(18(22)23)2-1-8-21-17;/h1-6,8,13,16,20H,7,9-11H2,(H,22,23);1H. The summed E-state index contributed by atoms with van der Waals surface area (Å²) in [6.07, 6.45) is 3.48. The van der Waals surface area contributed by atoms with Crippen molar-refractivity contribution in [1.82, 2.24) is 10.3 Å². The average molecular weight is 367 g/mol. The Kier molecular flexibility index (Phi) is 6.60. The van der Waals surface area contributed by atoms with Crippen LogP contribution in [0.1, 0.15) is 34.0 Å². The molecule has 0 spiro atoms. The molecule has 1 aromatic heterocycles. The van der Waals surface area contributed by atoms with Gasteiger partial charge in [0.2, 0.25) is 0 Å². The van der Waals surface area contributed by atoms with Crippen molar-refractivity contribution in [3.05, 3.63) is 64.4 Å². The number of rotatable bonds is 5. The molecule has 0 amide bonds. The molecule has 2 N–H and O–H groups in total. The first kappa shape index (κ1) is 18.7. The molecule has 3 rings (SSSR count). The largest absolute Gasteiger partial charge is 0.478 e. The van der Waals surface area contributed by atoms with Crippen molar-refractivity contribution in [2.24, 2.45) is 5.92 Å². The molecule has 0 bridgehead atoms. The third-order valence-electron chi connectivity index (χ3n) is 4.46. The monoisotopic (exact) mass is 366 g/mol. The lowest BCUT2D eigenvalue weighted by atomic mass is 9.82. The molecule has 0 radical (unpaired) electrons. The van der Waals surface area contributed by atoms with Crippen LogP contribution >= 0.6 is 24.0 Å². The van der Waals surface area contributed by atoms with Crippen molar-refractivity contribution in [1.29, 1.82) is 0 Å². The maximum Gasteiger partial charge on any atom is 0.337 e. The highest BCUT2D eigenvalue weighted by Crippen LogP contribution is 2.33. The zero-order valence-corrected chi connectivity index (χ0v) is 14.7. The summed E-state index contributed by atoms with van der Waals surface area (Å²) >= 11 is 5.96. The van der Waals surface area contributed by atoms with E-state index in [-0.39, 0.29) is 18.3 Å². The number of hydrogen-bond acceptors (Lipinski definition) is 3. The maximum absolute atomic E-state index is 11.6. The number of pyridine rings is 1. The molecule has 1 aliphatic heterocycles. The number of carboxylic acid groups (broad SMARTS) is 1. The Bertz CT molecular complexity index is 686. The number of carboxylic acids is 1. The molecule has 1 fully saturated rings. The molecule has 128 valence electrons. The Morgan fingerprint density at radius 2 is 2.08 bits per heavy atom. The van der Waals surface area contributed by atoms with Gasteiger partial charge in [0.05, 0.1) is 11.3 Å². The molecule has 2 unspecified atom stereocenters. The normalized spacial score (nSPS) is 18.0. The molecule has 2 heterocycles. The number of carbonyl (C=O) groups is 1. The molecule has 1 saturated heterocycles. The second-order valence-corrected chi connectivity index (χ2v) is 6.37. The predicted octanol–water partition coefficient (Wildman–Crippen LogP) is 3.79. The summed E-state index contributed by atoms with van der Waals surface area (Å²) in [5, 5.41) is 13.6. The van der Waals surface area contributed by atoms with E-state index < -0.39 is 5.97 Å². The molecule has 1 aliphatic rings. The Hall–Kier alpha value is -1.62. The lowest BCUT2D eigenvalue weighted by Gasteiger charge is -2.24. The SMILES string of the molecule is Cl.O=C(O)c1cccnc1C(Cc1ccc(Cl)cc1)C1CCNC1. The van der Waals surface area contributed by atoms with E-state index in [1.165, 1.54) is 0 Å². The van der Waals surface area contributed by atoms with E-state index in [4.69, 9.17) is 11.6 Å². The Morgan fingerprint density at radius 3 is 2.71 bits per heavy atom. The van der Waals surface area contributed by atoms with Gasteiger partial charge in [-0.2, -0.15) is 0 Å². The predicted molar refractivity (Wildman–Crippen MR) is 97.3 cm³/mol. The summed E-state index contributed by atoms with van der Waals surface area (Å²) in [7, 11) is 0. The molecule has 0 saturated carbocycles. The van der Waals surface area contributed by atoms with Crippen molar-refractivity contribution in [3.63, 3.8) is 0 Å². The molecule has 1 aromatic carbocycles. The van der Waals surface area contributed by atoms with Gasteiger partial charge in [0.15, 0.2) is 0 Å². The van der Waals surface area contributed by atoms with Crippen LogP contribution in [0.4, 0.5) is 0 Å². The van der Waals surface area contributed by atoms with E-state index in [9.17, 15) is 9.90 Å². The van der Waals surface area contributed by atoms with Crippen molar-refractivity contribution >= 4 is 30.0 Å². The zero-order chi connectivity index (χ0) is 16.2. The summed E-state index contributed by atoms with van der Waals surface area (Å²) in [4.78, 5) is 16.0. The number of hydrogen-bond donors (Lipinski definition) is 2. The Morgan fingerprint density at radius 1 is 1.33 bits per heavy atom. The second-order valence-electron chi connectivity index (χ2n) is 5.93. The summed E-state index contributed by atoms with van der Waals surface area (Å²) in [5.74, 6) is -0.447. The lowest BCUT2D eigenvalue weighted by molar-refractivity contribution is 0.0694. The summed E-state index contributed by atoms with van der Waals surface area (Å²) < 4.78 is 0. The van der Waals surface area contributed by atoms with Gasteiger partial charge >= 0.3 is 5.97 Å². The van der Waals surface area contributed by atoms with Gasteiger partial charge in [-0.15, -0.1) is 12.4 Å². The molecular formula is C18H20Cl2N2O2. The fraction of sp³-hybridized carbons (Fsp3) is 0.333. The molecule has 2 aromatic rings. The molecule has 4 nitrogen and oxygen atoms in total. The molecular weight excluding hydrogens is 347 g/mol. The van der Waals surface area contributed by atoms with Crippen molar-refractivity contribution in [3.8, 4) is 0 Å². The molecule has 24 heavy (non-hydrogen) atoms. The lowest BCUT2D eigenvalue weighted by Crippen LogP contribution is -2.22. The van der Waals surface area contributed by atoms with Gasteiger partial charge in [-0.3, -0.25) is 4.98 Å². The van der Waals surface area contributed by atoms with Crippen molar-refractivity contribution in [2.45, 2.75) is 18.8 Å². The van der Waals surface area contributed by atoms with Crippen LogP contribution in [0.3, 0.4) is 0 Å². The Balaban J connectivity index is 0.00000208. The highest BCUT2D eigenvalue weighted by Gasteiger charge is 2.30. The van der Waals surface area contributed by atoms with Crippen LogP contribution in [0.25, 0.3) is 0 Å². The topological polar surface area (TPSA) is 62.2 Å². The van der Waals surface area contributed by atoms with Gasteiger partial charge < -0.3 is 10.4 Å². The van der Waals surface area contributed by atoms with E-state index in [1.54, 1.807) is 18.3 Å². The molecule has 0 aliphatic carbocycles. The van der Waals surface area contributed by atoms with Crippen LogP contribution in [-0.4, -0.2) is 29.1 Å². The molecule has 2 atom stereocenters.